The monoisotopic (exact) mass is 429 g/mol. The summed E-state index contributed by atoms with van der Waals surface area (Å²) in [6.07, 6.45) is 0.940. The van der Waals surface area contributed by atoms with Crippen molar-refractivity contribution in [2.75, 3.05) is 45.2 Å². The maximum Gasteiger partial charge on any atom is 0.238 e. The molecule has 0 aliphatic carbocycles. The molecule has 0 radical (unpaired) electrons. The minimum Gasteiger partial charge on any atom is -0.493 e. The molecule has 1 unspecified atom stereocenters. The van der Waals surface area contributed by atoms with Crippen LogP contribution >= 0.6 is 0 Å². The van der Waals surface area contributed by atoms with Gasteiger partial charge in [0.2, 0.25) is 5.91 Å². The summed E-state index contributed by atoms with van der Waals surface area (Å²) in [4.78, 5) is 12.1. The second kappa shape index (κ2) is 13.6. The van der Waals surface area contributed by atoms with Gasteiger partial charge in [-0.1, -0.05) is 30.3 Å². The lowest BCUT2D eigenvalue weighted by Crippen LogP contribution is -2.31. The largest absolute Gasteiger partial charge is 0.493 e. The van der Waals surface area contributed by atoms with E-state index in [0.29, 0.717) is 24.5 Å². The summed E-state index contributed by atoms with van der Waals surface area (Å²) in [7, 11) is 1.59. The average molecular weight is 430 g/mol. The van der Waals surface area contributed by atoms with Gasteiger partial charge < -0.3 is 30.5 Å². The number of rotatable bonds is 14. The summed E-state index contributed by atoms with van der Waals surface area (Å²) in [5.41, 5.74) is 3.02. The van der Waals surface area contributed by atoms with Crippen LogP contribution in [-0.4, -0.2) is 57.0 Å². The number of hydrogen-bond donors (Lipinski definition) is 4. The molecule has 0 bridgehead atoms. The third kappa shape index (κ3) is 8.96. The molecule has 31 heavy (non-hydrogen) atoms. The normalized spacial score (nSPS) is 11.7. The van der Waals surface area contributed by atoms with E-state index in [1.165, 1.54) is 0 Å². The van der Waals surface area contributed by atoms with Crippen molar-refractivity contribution in [2.45, 2.75) is 32.8 Å². The summed E-state index contributed by atoms with van der Waals surface area (Å²) in [6.45, 7) is 6.74. The predicted molar refractivity (Wildman–Crippen MR) is 124 cm³/mol. The summed E-state index contributed by atoms with van der Waals surface area (Å²) < 4.78 is 10.9. The van der Waals surface area contributed by atoms with Crippen LogP contribution in [0, 0.1) is 13.8 Å². The first-order chi connectivity index (χ1) is 15.0. The first kappa shape index (κ1) is 24.7. The molecule has 0 saturated carbocycles. The van der Waals surface area contributed by atoms with E-state index in [4.69, 9.17) is 9.47 Å². The number of anilines is 1. The van der Waals surface area contributed by atoms with Crippen molar-refractivity contribution in [3.8, 4) is 11.5 Å². The van der Waals surface area contributed by atoms with E-state index in [1.807, 2.05) is 56.3 Å². The number of aliphatic hydroxyl groups excluding tert-OH is 1. The molecule has 170 valence electrons. The number of nitrogens with one attached hydrogen (secondary N) is 3. The molecular formula is C24H35N3O4. The number of carbonyl (C=O) groups excluding carboxylic acids is 1. The van der Waals surface area contributed by atoms with Crippen LogP contribution in [0.25, 0.3) is 0 Å². The highest BCUT2D eigenvalue weighted by molar-refractivity contribution is 5.93. The molecule has 4 N–H and O–H groups in total. The van der Waals surface area contributed by atoms with Gasteiger partial charge in [-0.2, -0.15) is 0 Å². The van der Waals surface area contributed by atoms with E-state index in [1.54, 1.807) is 7.11 Å². The Balaban J connectivity index is 1.49. The van der Waals surface area contributed by atoms with Gasteiger partial charge in [0.1, 0.15) is 6.61 Å². The number of ether oxygens (including phenoxy) is 2. The lowest BCUT2D eigenvalue weighted by Gasteiger charge is -2.14. The predicted octanol–water partition coefficient (Wildman–Crippen LogP) is 2.65. The zero-order chi connectivity index (χ0) is 22.5. The van der Waals surface area contributed by atoms with E-state index in [0.717, 1.165) is 36.3 Å². The number of amides is 1. The third-order valence-electron chi connectivity index (χ3n) is 4.89. The molecular weight excluding hydrogens is 394 g/mol. The second-order valence-electron chi connectivity index (χ2n) is 7.50. The van der Waals surface area contributed by atoms with Crippen LogP contribution in [0.5, 0.6) is 11.5 Å². The maximum absolute atomic E-state index is 12.1. The Hall–Kier alpha value is -2.61. The van der Waals surface area contributed by atoms with Gasteiger partial charge in [-0.05, 0) is 69.6 Å². The van der Waals surface area contributed by atoms with Crippen molar-refractivity contribution in [1.29, 1.82) is 0 Å². The lowest BCUT2D eigenvalue weighted by molar-refractivity contribution is -0.115. The van der Waals surface area contributed by atoms with Gasteiger partial charge >= 0.3 is 0 Å². The zero-order valence-corrected chi connectivity index (χ0v) is 18.7. The van der Waals surface area contributed by atoms with E-state index >= 15 is 0 Å². The zero-order valence-electron chi connectivity index (χ0n) is 18.7. The topological polar surface area (TPSA) is 91.8 Å². The van der Waals surface area contributed by atoms with Crippen molar-refractivity contribution in [1.82, 2.24) is 10.6 Å². The van der Waals surface area contributed by atoms with Gasteiger partial charge in [-0.15, -0.1) is 0 Å². The van der Waals surface area contributed by atoms with Crippen LogP contribution in [0.15, 0.2) is 42.5 Å². The smallest absolute Gasteiger partial charge is 0.238 e. The van der Waals surface area contributed by atoms with Gasteiger partial charge in [-0.25, -0.2) is 0 Å². The van der Waals surface area contributed by atoms with E-state index in [2.05, 4.69) is 16.0 Å². The van der Waals surface area contributed by atoms with Crippen molar-refractivity contribution < 1.29 is 19.4 Å². The Labute approximate surface area is 185 Å². The number of benzene rings is 2. The molecule has 0 spiro atoms. The molecule has 0 aliphatic heterocycles. The number of aliphatic hydroxyl groups is 1. The SMILES string of the molecule is COc1ccccc1OCC(O)CCNCCCNCC(=O)Nc1c(C)cccc1C. The van der Waals surface area contributed by atoms with Crippen LogP contribution in [-0.2, 0) is 4.79 Å². The van der Waals surface area contributed by atoms with Gasteiger partial charge in [-0.3, -0.25) is 4.79 Å². The number of aryl methyl sites for hydroxylation is 2. The molecule has 7 heteroatoms. The third-order valence-corrected chi connectivity index (χ3v) is 4.89. The van der Waals surface area contributed by atoms with Gasteiger partial charge in [0.25, 0.3) is 0 Å². The molecule has 0 heterocycles. The fourth-order valence-electron chi connectivity index (χ4n) is 3.14. The first-order valence-electron chi connectivity index (χ1n) is 10.7. The molecule has 2 rings (SSSR count). The lowest BCUT2D eigenvalue weighted by atomic mass is 10.1. The highest BCUT2D eigenvalue weighted by atomic mass is 16.5. The summed E-state index contributed by atoms with van der Waals surface area (Å²) in [5, 5.41) is 19.5. The van der Waals surface area contributed by atoms with Crippen LogP contribution < -0.4 is 25.4 Å². The first-order valence-corrected chi connectivity index (χ1v) is 10.7. The highest BCUT2D eigenvalue weighted by Gasteiger charge is 2.08. The molecule has 2 aromatic rings. The number of carbonyl (C=O) groups is 1. The molecule has 0 fully saturated rings. The highest BCUT2D eigenvalue weighted by Crippen LogP contribution is 2.25. The van der Waals surface area contributed by atoms with E-state index in [-0.39, 0.29) is 19.1 Å². The van der Waals surface area contributed by atoms with E-state index in [9.17, 15) is 9.90 Å². The summed E-state index contributed by atoms with van der Waals surface area (Å²) in [5.74, 6) is 1.25. The Morgan fingerprint density at radius 3 is 2.35 bits per heavy atom. The average Bonchev–Trinajstić information content (AvgIpc) is 2.77. The molecule has 1 atom stereocenters. The fourth-order valence-corrected chi connectivity index (χ4v) is 3.14. The molecule has 1 amide bonds. The summed E-state index contributed by atoms with van der Waals surface area (Å²) in [6, 6.07) is 13.3. The van der Waals surface area contributed by atoms with Crippen LogP contribution in [0.2, 0.25) is 0 Å². The van der Waals surface area contributed by atoms with Crippen LogP contribution in [0.3, 0.4) is 0 Å². The molecule has 2 aromatic carbocycles. The molecule has 7 nitrogen and oxygen atoms in total. The van der Waals surface area contributed by atoms with Gasteiger partial charge in [0.15, 0.2) is 11.5 Å². The molecule has 0 saturated heterocycles. The van der Waals surface area contributed by atoms with Crippen molar-refractivity contribution in [3.63, 3.8) is 0 Å². The Bertz CT molecular complexity index is 793. The number of hydrogen-bond acceptors (Lipinski definition) is 6. The van der Waals surface area contributed by atoms with Gasteiger partial charge in [0, 0.05) is 5.69 Å². The Morgan fingerprint density at radius 2 is 1.65 bits per heavy atom. The molecule has 0 aliphatic rings. The number of para-hydroxylation sites is 3. The van der Waals surface area contributed by atoms with Crippen LogP contribution in [0.4, 0.5) is 5.69 Å². The quantitative estimate of drug-likeness (QED) is 0.345. The maximum atomic E-state index is 12.1. The second-order valence-corrected chi connectivity index (χ2v) is 7.50. The van der Waals surface area contributed by atoms with Crippen molar-refractivity contribution in [3.05, 3.63) is 53.6 Å². The Kier molecular flexibility index (Phi) is 10.9. The number of methoxy groups -OCH3 is 1. The van der Waals surface area contributed by atoms with E-state index < -0.39 is 6.10 Å². The minimum atomic E-state index is -0.552. The van der Waals surface area contributed by atoms with Crippen molar-refractivity contribution in [2.24, 2.45) is 0 Å². The Morgan fingerprint density at radius 1 is 0.968 bits per heavy atom. The van der Waals surface area contributed by atoms with Crippen molar-refractivity contribution >= 4 is 11.6 Å². The summed E-state index contributed by atoms with van der Waals surface area (Å²) >= 11 is 0. The fraction of sp³-hybridized carbons (Fsp3) is 0.458. The standard InChI is InChI=1S/C24H35N3O4/c1-18-8-6-9-19(2)24(18)27-23(29)16-26-14-7-13-25-15-12-20(28)17-31-22-11-5-4-10-21(22)30-3/h4-6,8-11,20,25-26,28H,7,12-17H2,1-3H3,(H,27,29). The van der Waals surface area contributed by atoms with Gasteiger partial charge in [0.05, 0.1) is 19.8 Å². The molecule has 0 aromatic heterocycles. The van der Waals surface area contributed by atoms with Crippen LogP contribution in [0.1, 0.15) is 24.0 Å². The minimum absolute atomic E-state index is 0.0384.